The minimum absolute atomic E-state index is 0.0533. The van der Waals surface area contributed by atoms with Crippen molar-refractivity contribution in [2.24, 2.45) is 0 Å². The van der Waals surface area contributed by atoms with Crippen molar-refractivity contribution < 1.29 is 9.84 Å². The van der Waals surface area contributed by atoms with Gasteiger partial charge in [0.05, 0.1) is 16.7 Å². The lowest BCUT2D eigenvalue weighted by Crippen LogP contribution is -1.93. The Morgan fingerprint density at radius 3 is 2.90 bits per heavy atom. The molecule has 0 spiro atoms. The Morgan fingerprint density at radius 2 is 2.33 bits per heavy atom. The van der Waals surface area contributed by atoms with Crippen molar-refractivity contribution in [3.8, 4) is 17.6 Å². The number of nitrogens with zero attached hydrogens (tertiary/aromatic N) is 2. The van der Waals surface area contributed by atoms with Crippen LogP contribution in [0.25, 0.3) is 11.6 Å². The summed E-state index contributed by atoms with van der Waals surface area (Å²) in [6, 6.07) is 5.58. The van der Waals surface area contributed by atoms with Crippen molar-refractivity contribution >= 4 is 38.9 Å². The molecule has 108 valence electrons. The van der Waals surface area contributed by atoms with E-state index in [0.717, 1.165) is 11.3 Å². The molecule has 1 N–H and O–H groups in total. The molecule has 0 aliphatic carbocycles. The van der Waals surface area contributed by atoms with Crippen LogP contribution in [0.5, 0.6) is 11.5 Å². The van der Waals surface area contributed by atoms with Crippen LogP contribution in [0.15, 0.2) is 22.0 Å². The van der Waals surface area contributed by atoms with Gasteiger partial charge >= 0.3 is 0 Å². The van der Waals surface area contributed by atoms with Crippen LogP contribution in [-0.4, -0.2) is 16.7 Å². The van der Waals surface area contributed by atoms with E-state index in [4.69, 9.17) is 4.74 Å². The number of halogens is 1. The number of phenols is 1. The highest BCUT2D eigenvalue weighted by atomic mass is 79.9. The van der Waals surface area contributed by atoms with Gasteiger partial charge in [-0.25, -0.2) is 4.98 Å². The largest absolute Gasteiger partial charge is 0.503 e. The molecule has 0 atom stereocenters. The lowest BCUT2D eigenvalue weighted by atomic mass is 10.1. The van der Waals surface area contributed by atoms with E-state index in [0.29, 0.717) is 27.4 Å². The third kappa shape index (κ3) is 3.63. The van der Waals surface area contributed by atoms with Crippen molar-refractivity contribution in [2.75, 3.05) is 6.61 Å². The van der Waals surface area contributed by atoms with Crippen molar-refractivity contribution in [3.63, 3.8) is 0 Å². The molecule has 1 aromatic carbocycles. The average Bonchev–Trinajstić information content (AvgIpc) is 2.88. The molecule has 1 heterocycles. The predicted octanol–water partition coefficient (Wildman–Crippen LogP) is 4.38. The molecular formula is C15H13BrN2O2S. The Hall–Kier alpha value is -1.84. The zero-order valence-corrected chi connectivity index (χ0v) is 14.0. The molecule has 0 fully saturated rings. The highest BCUT2D eigenvalue weighted by Crippen LogP contribution is 2.36. The maximum Gasteiger partial charge on any atom is 0.172 e. The summed E-state index contributed by atoms with van der Waals surface area (Å²) >= 11 is 4.71. The fraction of sp³-hybridized carbons (Fsp3) is 0.200. The molecule has 0 bridgehead atoms. The number of allylic oxidation sites excluding steroid dienone is 1. The van der Waals surface area contributed by atoms with E-state index in [1.54, 1.807) is 18.2 Å². The van der Waals surface area contributed by atoms with Crippen molar-refractivity contribution in [3.05, 3.63) is 38.3 Å². The van der Waals surface area contributed by atoms with Gasteiger partial charge in [-0.15, -0.1) is 11.3 Å². The Labute approximate surface area is 135 Å². The summed E-state index contributed by atoms with van der Waals surface area (Å²) < 4.78 is 5.90. The first kappa shape index (κ1) is 15.5. The van der Waals surface area contributed by atoms with Gasteiger partial charge in [0.1, 0.15) is 11.1 Å². The Kier molecular flexibility index (Phi) is 4.99. The van der Waals surface area contributed by atoms with Crippen LogP contribution in [0.4, 0.5) is 0 Å². The first-order valence-corrected chi connectivity index (χ1v) is 7.92. The van der Waals surface area contributed by atoms with Crippen LogP contribution >= 0.6 is 27.3 Å². The number of thiazole rings is 1. The molecule has 0 saturated carbocycles. The number of hydrogen-bond donors (Lipinski definition) is 1. The van der Waals surface area contributed by atoms with E-state index in [1.165, 1.54) is 11.3 Å². The predicted molar refractivity (Wildman–Crippen MR) is 87.3 cm³/mol. The SMILES string of the molecule is CCOc1cc(/C=C(\C#N)c2nc(C)cs2)cc(Br)c1O. The molecule has 4 nitrogen and oxygen atoms in total. The van der Waals surface area contributed by atoms with E-state index in [1.807, 2.05) is 19.2 Å². The van der Waals surface area contributed by atoms with Gasteiger partial charge in [-0.3, -0.25) is 0 Å². The number of phenolic OH excluding ortho intramolecular Hbond substituents is 1. The van der Waals surface area contributed by atoms with Gasteiger partial charge in [0.25, 0.3) is 0 Å². The second kappa shape index (κ2) is 6.74. The smallest absolute Gasteiger partial charge is 0.172 e. The van der Waals surface area contributed by atoms with Gasteiger partial charge in [0.2, 0.25) is 0 Å². The lowest BCUT2D eigenvalue weighted by Gasteiger charge is -2.08. The standard InChI is InChI=1S/C15H13BrN2O2S/c1-3-20-13-6-10(5-12(16)14(13)19)4-11(7-17)15-18-9(2)8-21-15/h4-6,8,19H,3H2,1-2H3/b11-4+. The van der Waals surface area contributed by atoms with Crippen LogP contribution < -0.4 is 4.74 Å². The topological polar surface area (TPSA) is 66.1 Å². The highest BCUT2D eigenvalue weighted by molar-refractivity contribution is 9.10. The van der Waals surface area contributed by atoms with Gasteiger partial charge in [-0.2, -0.15) is 5.26 Å². The Balaban J connectivity index is 2.46. The maximum atomic E-state index is 9.90. The molecule has 21 heavy (non-hydrogen) atoms. The summed E-state index contributed by atoms with van der Waals surface area (Å²) in [6.45, 7) is 4.18. The fourth-order valence-corrected chi connectivity index (χ4v) is 2.95. The minimum Gasteiger partial charge on any atom is -0.503 e. The van der Waals surface area contributed by atoms with E-state index in [2.05, 4.69) is 27.0 Å². The zero-order valence-electron chi connectivity index (χ0n) is 11.6. The summed E-state index contributed by atoms with van der Waals surface area (Å²) in [5.41, 5.74) is 2.12. The first-order chi connectivity index (χ1) is 10.0. The molecule has 0 aliphatic heterocycles. The Morgan fingerprint density at radius 1 is 1.57 bits per heavy atom. The molecule has 2 rings (SSSR count). The van der Waals surface area contributed by atoms with Crippen LogP contribution in [-0.2, 0) is 0 Å². The third-order valence-electron chi connectivity index (χ3n) is 2.63. The van der Waals surface area contributed by atoms with Crippen molar-refractivity contribution in [2.45, 2.75) is 13.8 Å². The number of aromatic nitrogens is 1. The van der Waals surface area contributed by atoms with Gasteiger partial charge in [-0.05, 0) is 53.5 Å². The summed E-state index contributed by atoms with van der Waals surface area (Å²) in [4.78, 5) is 4.31. The molecule has 0 unspecified atom stereocenters. The monoisotopic (exact) mass is 364 g/mol. The minimum atomic E-state index is 0.0533. The van der Waals surface area contributed by atoms with E-state index < -0.39 is 0 Å². The molecule has 2 aromatic rings. The summed E-state index contributed by atoms with van der Waals surface area (Å²) in [5.74, 6) is 0.434. The second-order valence-corrected chi connectivity index (χ2v) is 5.96. The van der Waals surface area contributed by atoms with E-state index >= 15 is 0 Å². The number of nitriles is 1. The number of aryl methyl sites for hydroxylation is 1. The van der Waals surface area contributed by atoms with Crippen LogP contribution in [0.2, 0.25) is 0 Å². The second-order valence-electron chi connectivity index (χ2n) is 4.25. The van der Waals surface area contributed by atoms with E-state index in [9.17, 15) is 10.4 Å². The summed E-state index contributed by atoms with van der Waals surface area (Å²) in [7, 11) is 0. The van der Waals surface area contributed by atoms with E-state index in [-0.39, 0.29) is 5.75 Å². The summed E-state index contributed by atoms with van der Waals surface area (Å²) in [6.07, 6.45) is 1.73. The number of hydrogen-bond acceptors (Lipinski definition) is 5. The fourth-order valence-electron chi connectivity index (χ4n) is 1.73. The molecule has 0 amide bonds. The highest BCUT2D eigenvalue weighted by Gasteiger charge is 2.10. The number of ether oxygens (including phenoxy) is 1. The molecule has 0 radical (unpaired) electrons. The number of rotatable bonds is 4. The lowest BCUT2D eigenvalue weighted by molar-refractivity contribution is 0.317. The van der Waals surface area contributed by atoms with Crippen LogP contribution in [0, 0.1) is 18.3 Å². The summed E-state index contributed by atoms with van der Waals surface area (Å²) in [5, 5.41) is 21.8. The average molecular weight is 365 g/mol. The van der Waals surface area contributed by atoms with Crippen molar-refractivity contribution in [1.82, 2.24) is 4.98 Å². The van der Waals surface area contributed by atoms with Crippen LogP contribution in [0.1, 0.15) is 23.2 Å². The molecular weight excluding hydrogens is 352 g/mol. The molecule has 0 saturated heterocycles. The van der Waals surface area contributed by atoms with Gasteiger partial charge < -0.3 is 9.84 Å². The Bertz CT molecular complexity index is 732. The third-order valence-corrected chi connectivity index (χ3v) is 4.23. The number of benzene rings is 1. The quantitative estimate of drug-likeness (QED) is 0.817. The van der Waals surface area contributed by atoms with Gasteiger partial charge in [-0.1, -0.05) is 0 Å². The normalized spacial score (nSPS) is 11.2. The van der Waals surface area contributed by atoms with Gasteiger partial charge in [0.15, 0.2) is 11.5 Å². The molecule has 6 heteroatoms. The van der Waals surface area contributed by atoms with Gasteiger partial charge in [0, 0.05) is 11.1 Å². The zero-order chi connectivity index (χ0) is 15.4. The number of aromatic hydroxyl groups is 1. The molecule has 0 aliphatic rings. The van der Waals surface area contributed by atoms with Crippen LogP contribution in [0.3, 0.4) is 0 Å². The van der Waals surface area contributed by atoms with Crippen molar-refractivity contribution in [1.29, 1.82) is 5.26 Å². The molecule has 1 aromatic heterocycles. The maximum absolute atomic E-state index is 9.90. The first-order valence-electron chi connectivity index (χ1n) is 6.24.